The summed E-state index contributed by atoms with van der Waals surface area (Å²) < 4.78 is 13.8. The third-order valence-electron chi connectivity index (χ3n) is 5.17. The van der Waals surface area contributed by atoms with Crippen molar-refractivity contribution in [3.05, 3.63) is 64.4 Å². The third-order valence-corrected chi connectivity index (χ3v) is 5.57. The van der Waals surface area contributed by atoms with E-state index in [9.17, 15) is 14.0 Å². The molecule has 0 atom stereocenters. The van der Waals surface area contributed by atoms with Crippen LogP contribution < -0.4 is 10.6 Å². The first-order valence-electron chi connectivity index (χ1n) is 9.96. The van der Waals surface area contributed by atoms with Crippen LogP contribution in [0.4, 0.5) is 10.1 Å². The summed E-state index contributed by atoms with van der Waals surface area (Å²) in [7, 11) is 0. The highest BCUT2D eigenvalue weighted by Gasteiger charge is 2.19. The zero-order chi connectivity index (χ0) is 21.5. The average Bonchev–Trinajstić information content (AvgIpc) is 2.73. The van der Waals surface area contributed by atoms with Gasteiger partial charge in [-0.2, -0.15) is 0 Å². The zero-order valence-corrected chi connectivity index (χ0v) is 17.7. The molecule has 1 aliphatic rings. The van der Waals surface area contributed by atoms with Crippen LogP contribution in [0.25, 0.3) is 0 Å². The minimum Gasteiger partial charge on any atom is -0.347 e. The fraction of sp³-hybridized carbons (Fsp3) is 0.364. The first-order valence-corrected chi connectivity index (χ1v) is 10.3. The maximum absolute atomic E-state index is 13.8. The largest absolute Gasteiger partial charge is 0.347 e. The monoisotopic (exact) mass is 432 g/mol. The number of rotatable bonds is 6. The summed E-state index contributed by atoms with van der Waals surface area (Å²) >= 11 is 6.03. The van der Waals surface area contributed by atoms with Crippen LogP contribution in [0.2, 0.25) is 5.02 Å². The highest BCUT2D eigenvalue weighted by molar-refractivity contribution is 6.39. The second-order valence-corrected chi connectivity index (χ2v) is 7.79. The van der Waals surface area contributed by atoms with Gasteiger partial charge in [0.15, 0.2) is 0 Å². The molecule has 0 bridgehead atoms. The molecule has 2 aromatic carbocycles. The molecule has 2 aromatic rings. The van der Waals surface area contributed by atoms with Crippen LogP contribution in [-0.2, 0) is 16.1 Å². The first-order chi connectivity index (χ1) is 14.4. The number of nitrogens with one attached hydrogen (secondary N) is 2. The van der Waals surface area contributed by atoms with Crippen LogP contribution in [0.5, 0.6) is 0 Å². The van der Waals surface area contributed by atoms with Crippen LogP contribution >= 0.6 is 11.6 Å². The molecule has 0 saturated carbocycles. The number of piperazine rings is 1. The van der Waals surface area contributed by atoms with Crippen LogP contribution in [0.1, 0.15) is 11.1 Å². The second-order valence-electron chi connectivity index (χ2n) is 7.38. The number of halogens is 2. The van der Waals surface area contributed by atoms with Gasteiger partial charge in [-0.1, -0.05) is 35.9 Å². The van der Waals surface area contributed by atoms with Crippen molar-refractivity contribution >= 4 is 29.1 Å². The normalized spacial score (nSPS) is 15.0. The Morgan fingerprint density at radius 3 is 2.43 bits per heavy atom. The molecule has 1 saturated heterocycles. The molecular weight excluding hydrogens is 407 g/mol. The van der Waals surface area contributed by atoms with Gasteiger partial charge in [0, 0.05) is 62.1 Å². The number of nitrogens with zero attached hydrogens (tertiary/aromatic N) is 2. The molecule has 1 aliphatic heterocycles. The molecule has 30 heavy (non-hydrogen) atoms. The summed E-state index contributed by atoms with van der Waals surface area (Å²) in [6.45, 7) is 6.82. The van der Waals surface area contributed by atoms with Crippen LogP contribution in [0, 0.1) is 12.7 Å². The SMILES string of the molecule is Cc1ccc(NC(=O)C(=O)NCCN2CCN(Cc3ccccc3F)CC2)cc1Cl. The van der Waals surface area contributed by atoms with Crippen molar-refractivity contribution in [2.45, 2.75) is 13.5 Å². The predicted octanol–water partition coefficient (Wildman–Crippen LogP) is 2.66. The molecule has 160 valence electrons. The van der Waals surface area contributed by atoms with Crippen LogP contribution in [-0.4, -0.2) is 60.9 Å². The number of hydrogen-bond acceptors (Lipinski definition) is 4. The van der Waals surface area contributed by atoms with E-state index in [0.717, 1.165) is 31.7 Å². The maximum atomic E-state index is 13.8. The summed E-state index contributed by atoms with van der Waals surface area (Å²) in [6, 6.07) is 11.9. The predicted molar refractivity (Wildman–Crippen MR) is 116 cm³/mol. The van der Waals surface area contributed by atoms with Gasteiger partial charge >= 0.3 is 11.8 Å². The number of anilines is 1. The van der Waals surface area contributed by atoms with Gasteiger partial charge in [0.1, 0.15) is 5.82 Å². The fourth-order valence-corrected chi connectivity index (χ4v) is 3.49. The van der Waals surface area contributed by atoms with E-state index in [1.54, 1.807) is 24.3 Å². The van der Waals surface area contributed by atoms with E-state index >= 15 is 0 Å². The van der Waals surface area contributed by atoms with Gasteiger partial charge in [-0.3, -0.25) is 19.4 Å². The van der Waals surface area contributed by atoms with E-state index in [1.807, 2.05) is 19.1 Å². The Morgan fingerprint density at radius 2 is 1.73 bits per heavy atom. The Morgan fingerprint density at radius 1 is 1.03 bits per heavy atom. The van der Waals surface area contributed by atoms with Gasteiger partial charge in [0.2, 0.25) is 0 Å². The van der Waals surface area contributed by atoms with Crippen molar-refractivity contribution in [2.24, 2.45) is 0 Å². The standard InChI is InChI=1S/C22H26ClFN4O2/c1-16-6-7-18(14-19(16)23)26-22(30)21(29)25-8-9-27-10-12-28(13-11-27)15-17-4-2-3-5-20(17)24/h2-7,14H,8-13,15H2,1H3,(H,25,29)(H,26,30). The molecule has 2 amide bonds. The number of hydrogen-bond donors (Lipinski definition) is 2. The van der Waals surface area contributed by atoms with Crippen molar-refractivity contribution in [1.82, 2.24) is 15.1 Å². The number of amides is 2. The van der Waals surface area contributed by atoms with Gasteiger partial charge in [-0.05, 0) is 30.7 Å². The van der Waals surface area contributed by atoms with Gasteiger partial charge in [0.05, 0.1) is 0 Å². The molecule has 0 unspecified atom stereocenters. The number of carbonyl (C=O) groups excluding carboxylic acids is 2. The summed E-state index contributed by atoms with van der Waals surface area (Å²) in [6.07, 6.45) is 0. The summed E-state index contributed by atoms with van der Waals surface area (Å²) in [5.74, 6) is -1.57. The average molecular weight is 433 g/mol. The molecule has 1 fully saturated rings. The van der Waals surface area contributed by atoms with Gasteiger partial charge in [-0.15, -0.1) is 0 Å². The summed E-state index contributed by atoms with van der Waals surface area (Å²) in [4.78, 5) is 28.5. The number of benzene rings is 2. The van der Waals surface area contributed by atoms with E-state index in [4.69, 9.17) is 11.6 Å². The Hall–Kier alpha value is -2.48. The lowest BCUT2D eigenvalue weighted by Gasteiger charge is -2.34. The quantitative estimate of drug-likeness (QED) is 0.689. The van der Waals surface area contributed by atoms with Crippen molar-refractivity contribution in [3.63, 3.8) is 0 Å². The van der Waals surface area contributed by atoms with E-state index in [-0.39, 0.29) is 5.82 Å². The van der Waals surface area contributed by atoms with E-state index in [1.165, 1.54) is 6.07 Å². The Kier molecular flexibility index (Phi) is 7.79. The number of aryl methyl sites for hydroxylation is 1. The highest BCUT2D eigenvalue weighted by Crippen LogP contribution is 2.19. The summed E-state index contributed by atoms with van der Waals surface area (Å²) in [5.41, 5.74) is 2.09. The van der Waals surface area contributed by atoms with Crippen molar-refractivity contribution in [3.8, 4) is 0 Å². The van der Waals surface area contributed by atoms with Gasteiger partial charge in [-0.25, -0.2) is 4.39 Å². The second kappa shape index (κ2) is 10.5. The minimum atomic E-state index is -0.718. The molecule has 2 N–H and O–H groups in total. The Labute approximate surface area is 181 Å². The van der Waals surface area contributed by atoms with Crippen molar-refractivity contribution in [2.75, 3.05) is 44.6 Å². The smallest absolute Gasteiger partial charge is 0.313 e. The molecule has 1 heterocycles. The lowest BCUT2D eigenvalue weighted by molar-refractivity contribution is -0.136. The van der Waals surface area contributed by atoms with Crippen LogP contribution in [0.3, 0.4) is 0 Å². The highest BCUT2D eigenvalue weighted by atomic mass is 35.5. The topological polar surface area (TPSA) is 64.7 Å². The third kappa shape index (κ3) is 6.26. The van der Waals surface area contributed by atoms with E-state index in [2.05, 4.69) is 20.4 Å². The molecule has 6 nitrogen and oxygen atoms in total. The molecule has 8 heteroatoms. The van der Waals surface area contributed by atoms with Gasteiger partial charge in [0.25, 0.3) is 0 Å². The molecule has 0 aliphatic carbocycles. The maximum Gasteiger partial charge on any atom is 0.313 e. The Balaban J connectivity index is 1.35. The Bertz CT molecular complexity index is 900. The van der Waals surface area contributed by atoms with E-state index in [0.29, 0.717) is 35.9 Å². The van der Waals surface area contributed by atoms with E-state index < -0.39 is 11.8 Å². The molecule has 0 radical (unpaired) electrons. The fourth-order valence-electron chi connectivity index (χ4n) is 3.30. The van der Waals surface area contributed by atoms with Gasteiger partial charge < -0.3 is 10.6 Å². The van der Waals surface area contributed by atoms with Crippen LogP contribution in [0.15, 0.2) is 42.5 Å². The lowest BCUT2D eigenvalue weighted by atomic mass is 10.2. The molecular formula is C22H26ClFN4O2. The summed E-state index contributed by atoms with van der Waals surface area (Å²) in [5, 5.41) is 5.72. The van der Waals surface area contributed by atoms with Crippen molar-refractivity contribution in [1.29, 1.82) is 0 Å². The zero-order valence-electron chi connectivity index (χ0n) is 17.0. The minimum absolute atomic E-state index is 0.172. The molecule has 0 spiro atoms. The first kappa shape index (κ1) is 22.2. The lowest BCUT2D eigenvalue weighted by Crippen LogP contribution is -2.48. The number of carbonyl (C=O) groups is 2. The molecule has 0 aromatic heterocycles. The van der Waals surface area contributed by atoms with Crippen molar-refractivity contribution < 1.29 is 14.0 Å². The molecule has 3 rings (SSSR count).